The van der Waals surface area contributed by atoms with Crippen molar-refractivity contribution in [2.75, 3.05) is 19.0 Å². The van der Waals surface area contributed by atoms with Crippen LogP contribution in [0.4, 0.5) is 5.69 Å². The van der Waals surface area contributed by atoms with Crippen LogP contribution in [-0.2, 0) is 4.79 Å². The fraction of sp³-hybridized carbons (Fsp3) is 0.0833. The summed E-state index contributed by atoms with van der Waals surface area (Å²) >= 11 is 5.98. The van der Waals surface area contributed by atoms with Crippen molar-refractivity contribution < 1.29 is 18.7 Å². The molecule has 0 unspecified atom stereocenters. The van der Waals surface area contributed by atoms with Crippen LogP contribution in [0.5, 0.6) is 11.5 Å². The van der Waals surface area contributed by atoms with E-state index in [0.717, 1.165) is 0 Å². The van der Waals surface area contributed by atoms with Gasteiger partial charge in [0.05, 0.1) is 18.2 Å². The SMILES string of the molecule is COc1ccccc1NC(=O)COc1c(-c2ccc(Cl)cc2)oc2ccccc2c1=O. The van der Waals surface area contributed by atoms with E-state index in [9.17, 15) is 9.59 Å². The molecule has 7 heteroatoms. The van der Waals surface area contributed by atoms with Gasteiger partial charge in [0.2, 0.25) is 11.2 Å². The number of rotatable bonds is 6. The molecule has 0 aliphatic heterocycles. The van der Waals surface area contributed by atoms with Crippen LogP contribution < -0.4 is 20.2 Å². The molecule has 4 aromatic rings. The van der Waals surface area contributed by atoms with E-state index in [1.54, 1.807) is 72.8 Å². The number of anilines is 1. The zero-order valence-electron chi connectivity index (χ0n) is 16.6. The molecule has 0 saturated heterocycles. The van der Waals surface area contributed by atoms with Gasteiger partial charge in [-0.05, 0) is 48.5 Å². The summed E-state index contributed by atoms with van der Waals surface area (Å²) in [5.74, 6) is 0.253. The molecule has 6 nitrogen and oxygen atoms in total. The first-order valence-corrected chi connectivity index (χ1v) is 9.82. The summed E-state index contributed by atoms with van der Waals surface area (Å²) in [6.45, 7) is -0.387. The van der Waals surface area contributed by atoms with Gasteiger partial charge in [0.1, 0.15) is 11.3 Å². The number of hydrogen-bond donors (Lipinski definition) is 1. The van der Waals surface area contributed by atoms with Crippen molar-refractivity contribution >= 4 is 34.2 Å². The molecule has 0 atom stereocenters. The normalized spacial score (nSPS) is 10.6. The third kappa shape index (κ3) is 4.39. The van der Waals surface area contributed by atoms with Crippen LogP contribution >= 0.6 is 11.6 Å². The first-order valence-electron chi connectivity index (χ1n) is 9.44. The summed E-state index contributed by atoms with van der Waals surface area (Å²) < 4.78 is 16.9. The Morgan fingerprint density at radius 3 is 2.48 bits per heavy atom. The molecule has 31 heavy (non-hydrogen) atoms. The molecule has 0 fully saturated rings. The van der Waals surface area contributed by atoms with Gasteiger partial charge >= 0.3 is 0 Å². The highest BCUT2D eigenvalue weighted by Crippen LogP contribution is 2.31. The highest BCUT2D eigenvalue weighted by Gasteiger charge is 2.19. The van der Waals surface area contributed by atoms with Crippen molar-refractivity contribution in [3.63, 3.8) is 0 Å². The van der Waals surface area contributed by atoms with Crippen molar-refractivity contribution in [2.45, 2.75) is 0 Å². The predicted molar refractivity (Wildman–Crippen MR) is 120 cm³/mol. The second kappa shape index (κ2) is 8.93. The maximum atomic E-state index is 13.1. The van der Waals surface area contributed by atoms with Gasteiger partial charge < -0.3 is 19.2 Å². The van der Waals surface area contributed by atoms with Gasteiger partial charge in [-0.25, -0.2) is 0 Å². The van der Waals surface area contributed by atoms with Gasteiger partial charge in [0, 0.05) is 10.6 Å². The molecule has 0 bridgehead atoms. The van der Waals surface area contributed by atoms with Gasteiger partial charge in [-0.1, -0.05) is 35.9 Å². The third-order valence-electron chi connectivity index (χ3n) is 4.59. The number of fused-ring (bicyclic) bond motifs is 1. The number of halogens is 1. The Hall–Kier alpha value is -3.77. The largest absolute Gasteiger partial charge is 0.495 e. The number of methoxy groups -OCH3 is 1. The van der Waals surface area contributed by atoms with E-state index in [1.807, 2.05) is 0 Å². The Labute approximate surface area is 183 Å². The monoisotopic (exact) mass is 435 g/mol. The number of amides is 1. The molecule has 0 radical (unpaired) electrons. The standard InChI is InChI=1S/C24H18ClNO5/c1-29-20-9-5-3-7-18(20)26-21(27)14-30-24-22(28)17-6-2-4-8-19(17)31-23(24)15-10-12-16(25)13-11-15/h2-13H,14H2,1H3,(H,26,27). The lowest BCUT2D eigenvalue weighted by Crippen LogP contribution is -2.23. The second-order valence-electron chi connectivity index (χ2n) is 6.63. The lowest BCUT2D eigenvalue weighted by Gasteiger charge is -2.13. The van der Waals surface area contributed by atoms with Crippen molar-refractivity contribution in [3.05, 3.63) is 88.0 Å². The Morgan fingerprint density at radius 1 is 1.00 bits per heavy atom. The molecule has 1 N–H and O–H groups in total. The summed E-state index contributed by atoms with van der Waals surface area (Å²) in [4.78, 5) is 25.6. The molecule has 0 aliphatic rings. The average molecular weight is 436 g/mol. The Kier molecular flexibility index (Phi) is 5.91. The van der Waals surface area contributed by atoms with Gasteiger partial charge in [-0.2, -0.15) is 0 Å². The fourth-order valence-electron chi connectivity index (χ4n) is 3.12. The zero-order chi connectivity index (χ0) is 21.8. The molecule has 3 aromatic carbocycles. The Balaban J connectivity index is 1.66. The molecule has 1 amide bonds. The van der Waals surface area contributed by atoms with Gasteiger partial charge in [0.25, 0.3) is 5.91 Å². The number of para-hydroxylation sites is 3. The lowest BCUT2D eigenvalue weighted by molar-refractivity contribution is -0.118. The molecule has 0 spiro atoms. The van der Waals surface area contributed by atoms with E-state index in [2.05, 4.69) is 5.32 Å². The molecule has 0 saturated carbocycles. The van der Waals surface area contributed by atoms with Crippen molar-refractivity contribution in [3.8, 4) is 22.8 Å². The first kappa shape index (κ1) is 20.5. The lowest BCUT2D eigenvalue weighted by atomic mass is 10.1. The summed E-state index contributed by atoms with van der Waals surface area (Å²) in [6.07, 6.45) is 0. The van der Waals surface area contributed by atoms with E-state index < -0.39 is 5.91 Å². The number of carbonyl (C=O) groups is 1. The van der Waals surface area contributed by atoms with E-state index in [4.69, 9.17) is 25.5 Å². The molecular weight excluding hydrogens is 418 g/mol. The zero-order valence-corrected chi connectivity index (χ0v) is 17.3. The minimum atomic E-state index is -0.445. The topological polar surface area (TPSA) is 77.8 Å². The Bertz CT molecular complexity index is 1300. The quantitative estimate of drug-likeness (QED) is 0.453. The molecule has 1 aromatic heterocycles. The van der Waals surface area contributed by atoms with Crippen molar-refractivity contribution in [2.24, 2.45) is 0 Å². The van der Waals surface area contributed by atoms with Gasteiger partial charge in [-0.3, -0.25) is 9.59 Å². The van der Waals surface area contributed by atoms with Crippen LogP contribution in [0.2, 0.25) is 5.02 Å². The molecule has 4 rings (SSSR count). The van der Waals surface area contributed by atoms with E-state index in [-0.39, 0.29) is 23.5 Å². The molecule has 0 aliphatic carbocycles. The number of benzene rings is 3. The average Bonchev–Trinajstić information content (AvgIpc) is 2.79. The van der Waals surface area contributed by atoms with Crippen LogP contribution in [0.25, 0.3) is 22.3 Å². The molecule has 156 valence electrons. The second-order valence-corrected chi connectivity index (χ2v) is 7.07. The summed E-state index contributed by atoms with van der Waals surface area (Å²) in [5, 5.41) is 3.62. The van der Waals surface area contributed by atoms with Crippen LogP contribution in [0.3, 0.4) is 0 Å². The van der Waals surface area contributed by atoms with Crippen LogP contribution in [0.15, 0.2) is 82.0 Å². The van der Waals surface area contributed by atoms with E-state index in [1.165, 1.54) is 7.11 Å². The minimum Gasteiger partial charge on any atom is -0.495 e. The van der Waals surface area contributed by atoms with E-state index in [0.29, 0.717) is 33.0 Å². The van der Waals surface area contributed by atoms with Crippen molar-refractivity contribution in [1.29, 1.82) is 0 Å². The molecule has 1 heterocycles. The first-order chi connectivity index (χ1) is 15.1. The van der Waals surface area contributed by atoms with Crippen LogP contribution in [0.1, 0.15) is 0 Å². The Morgan fingerprint density at radius 2 is 1.71 bits per heavy atom. The highest BCUT2D eigenvalue weighted by atomic mass is 35.5. The summed E-state index contributed by atoms with van der Waals surface area (Å²) in [7, 11) is 1.51. The summed E-state index contributed by atoms with van der Waals surface area (Å²) in [5.41, 5.74) is 1.16. The third-order valence-corrected chi connectivity index (χ3v) is 4.84. The predicted octanol–water partition coefficient (Wildman–Crippen LogP) is 5.14. The maximum Gasteiger partial charge on any atom is 0.262 e. The summed E-state index contributed by atoms with van der Waals surface area (Å²) in [6, 6.07) is 20.7. The minimum absolute atomic E-state index is 0.0452. The van der Waals surface area contributed by atoms with Gasteiger partial charge in [0.15, 0.2) is 12.4 Å². The molecular formula is C24H18ClNO5. The number of hydrogen-bond acceptors (Lipinski definition) is 5. The smallest absolute Gasteiger partial charge is 0.262 e. The van der Waals surface area contributed by atoms with Crippen LogP contribution in [-0.4, -0.2) is 19.6 Å². The number of nitrogens with one attached hydrogen (secondary N) is 1. The van der Waals surface area contributed by atoms with E-state index >= 15 is 0 Å². The van der Waals surface area contributed by atoms with Gasteiger partial charge in [-0.15, -0.1) is 0 Å². The number of ether oxygens (including phenoxy) is 2. The van der Waals surface area contributed by atoms with Crippen molar-refractivity contribution in [1.82, 2.24) is 0 Å². The fourth-order valence-corrected chi connectivity index (χ4v) is 3.25. The number of carbonyl (C=O) groups excluding carboxylic acids is 1. The van der Waals surface area contributed by atoms with Crippen LogP contribution in [0, 0.1) is 0 Å². The highest BCUT2D eigenvalue weighted by molar-refractivity contribution is 6.30. The maximum absolute atomic E-state index is 13.1.